The fourth-order valence-electron chi connectivity index (χ4n) is 1.91. The summed E-state index contributed by atoms with van der Waals surface area (Å²) in [6.45, 7) is 1.99. The van der Waals surface area contributed by atoms with Gasteiger partial charge in [-0.2, -0.15) is 0 Å². The monoisotopic (exact) mass is 258 g/mol. The average molecular weight is 259 g/mol. The Kier molecular flexibility index (Phi) is 4.16. The summed E-state index contributed by atoms with van der Waals surface area (Å²) in [6, 6.07) is 15.4. The van der Waals surface area contributed by atoms with Crippen LogP contribution in [-0.4, -0.2) is 5.78 Å². The van der Waals surface area contributed by atoms with Crippen molar-refractivity contribution >= 4 is 17.4 Å². The molecule has 0 unspecified atom stereocenters. The molecule has 2 heteroatoms. The summed E-state index contributed by atoms with van der Waals surface area (Å²) in [4.78, 5) is 12.0. The minimum Gasteiger partial charge on any atom is -0.294 e. The SMILES string of the molecule is Cc1cccc(C(=O)CCc2cccc(Cl)c2)c1. The van der Waals surface area contributed by atoms with Crippen molar-refractivity contribution in [2.75, 3.05) is 0 Å². The second-order valence-corrected chi connectivity index (χ2v) is 4.86. The van der Waals surface area contributed by atoms with E-state index in [1.54, 1.807) is 0 Å². The molecule has 0 spiro atoms. The fraction of sp³-hybridized carbons (Fsp3) is 0.188. The lowest BCUT2D eigenvalue weighted by molar-refractivity contribution is 0.0983. The highest BCUT2D eigenvalue weighted by Crippen LogP contribution is 2.14. The van der Waals surface area contributed by atoms with Crippen LogP contribution in [0.25, 0.3) is 0 Å². The van der Waals surface area contributed by atoms with Gasteiger partial charge in [-0.05, 0) is 37.1 Å². The molecule has 0 heterocycles. The van der Waals surface area contributed by atoms with Crippen LogP contribution in [-0.2, 0) is 6.42 Å². The van der Waals surface area contributed by atoms with E-state index in [0.717, 1.165) is 28.1 Å². The highest BCUT2D eigenvalue weighted by molar-refractivity contribution is 6.30. The normalized spacial score (nSPS) is 10.3. The van der Waals surface area contributed by atoms with Crippen LogP contribution >= 0.6 is 11.6 Å². The molecule has 2 aromatic carbocycles. The Morgan fingerprint density at radius 2 is 1.89 bits per heavy atom. The number of carbonyl (C=O) groups excluding carboxylic acids is 1. The largest absolute Gasteiger partial charge is 0.294 e. The van der Waals surface area contributed by atoms with Gasteiger partial charge in [0, 0.05) is 17.0 Å². The molecule has 0 saturated carbocycles. The molecule has 1 nitrogen and oxygen atoms in total. The van der Waals surface area contributed by atoms with Crippen molar-refractivity contribution in [3.05, 3.63) is 70.2 Å². The van der Waals surface area contributed by atoms with Gasteiger partial charge in [-0.3, -0.25) is 4.79 Å². The first-order chi connectivity index (χ1) is 8.65. The first kappa shape index (κ1) is 12.8. The number of halogens is 1. The Labute approximate surface area is 112 Å². The zero-order chi connectivity index (χ0) is 13.0. The molecule has 0 N–H and O–H groups in total. The summed E-state index contributed by atoms with van der Waals surface area (Å²) in [6.07, 6.45) is 1.25. The Hall–Kier alpha value is -1.60. The predicted octanol–water partition coefficient (Wildman–Crippen LogP) is 4.46. The molecule has 92 valence electrons. The van der Waals surface area contributed by atoms with E-state index in [2.05, 4.69) is 0 Å². The van der Waals surface area contributed by atoms with Crippen molar-refractivity contribution in [3.63, 3.8) is 0 Å². The van der Waals surface area contributed by atoms with Gasteiger partial charge in [0.15, 0.2) is 5.78 Å². The molecule has 0 saturated heterocycles. The van der Waals surface area contributed by atoms with Crippen LogP contribution in [0.4, 0.5) is 0 Å². The molecular weight excluding hydrogens is 244 g/mol. The maximum absolute atomic E-state index is 12.0. The third-order valence-electron chi connectivity index (χ3n) is 2.87. The molecule has 0 atom stereocenters. The summed E-state index contributed by atoms with van der Waals surface area (Å²) in [5.41, 5.74) is 3.00. The van der Waals surface area contributed by atoms with Gasteiger partial charge in [0.05, 0.1) is 0 Å². The molecule has 0 aliphatic carbocycles. The van der Waals surface area contributed by atoms with E-state index >= 15 is 0 Å². The third kappa shape index (κ3) is 3.44. The van der Waals surface area contributed by atoms with Crippen LogP contribution in [0, 0.1) is 6.92 Å². The summed E-state index contributed by atoms with van der Waals surface area (Å²) in [5, 5.41) is 0.718. The molecule has 2 aromatic rings. The van der Waals surface area contributed by atoms with Gasteiger partial charge in [0.2, 0.25) is 0 Å². The van der Waals surface area contributed by atoms with E-state index in [-0.39, 0.29) is 5.78 Å². The highest BCUT2D eigenvalue weighted by atomic mass is 35.5. The smallest absolute Gasteiger partial charge is 0.163 e. The molecule has 18 heavy (non-hydrogen) atoms. The van der Waals surface area contributed by atoms with Gasteiger partial charge in [0.1, 0.15) is 0 Å². The van der Waals surface area contributed by atoms with Gasteiger partial charge < -0.3 is 0 Å². The minimum absolute atomic E-state index is 0.179. The van der Waals surface area contributed by atoms with E-state index in [1.165, 1.54) is 0 Å². The van der Waals surface area contributed by atoms with Crippen molar-refractivity contribution in [3.8, 4) is 0 Å². The third-order valence-corrected chi connectivity index (χ3v) is 3.10. The Morgan fingerprint density at radius 1 is 1.11 bits per heavy atom. The topological polar surface area (TPSA) is 17.1 Å². The maximum atomic E-state index is 12.0. The minimum atomic E-state index is 0.179. The molecule has 0 bridgehead atoms. The van der Waals surface area contributed by atoms with E-state index in [9.17, 15) is 4.79 Å². The number of rotatable bonds is 4. The lowest BCUT2D eigenvalue weighted by Gasteiger charge is -2.03. The molecular formula is C16H15ClO. The first-order valence-electron chi connectivity index (χ1n) is 5.99. The van der Waals surface area contributed by atoms with Gasteiger partial charge >= 0.3 is 0 Å². The number of hydrogen-bond acceptors (Lipinski definition) is 1. The van der Waals surface area contributed by atoms with Crippen LogP contribution in [0.15, 0.2) is 48.5 Å². The van der Waals surface area contributed by atoms with Crippen LogP contribution in [0.5, 0.6) is 0 Å². The van der Waals surface area contributed by atoms with Crippen LogP contribution in [0.2, 0.25) is 5.02 Å². The second-order valence-electron chi connectivity index (χ2n) is 4.42. The van der Waals surface area contributed by atoms with E-state index in [4.69, 9.17) is 11.6 Å². The lowest BCUT2D eigenvalue weighted by Crippen LogP contribution is -2.01. The molecule has 0 aromatic heterocycles. The van der Waals surface area contributed by atoms with Crippen LogP contribution in [0.3, 0.4) is 0 Å². The average Bonchev–Trinajstić information content (AvgIpc) is 2.36. The van der Waals surface area contributed by atoms with E-state index in [1.807, 2.05) is 55.5 Å². The van der Waals surface area contributed by atoms with Crippen molar-refractivity contribution in [2.45, 2.75) is 19.8 Å². The zero-order valence-electron chi connectivity index (χ0n) is 10.3. The summed E-state index contributed by atoms with van der Waals surface area (Å²) in [5.74, 6) is 0.179. The maximum Gasteiger partial charge on any atom is 0.163 e. The van der Waals surface area contributed by atoms with Crippen molar-refractivity contribution in [1.82, 2.24) is 0 Å². The summed E-state index contributed by atoms with van der Waals surface area (Å²) >= 11 is 5.91. The van der Waals surface area contributed by atoms with Gasteiger partial charge in [0.25, 0.3) is 0 Å². The fourth-order valence-corrected chi connectivity index (χ4v) is 2.13. The molecule has 0 aliphatic heterocycles. The lowest BCUT2D eigenvalue weighted by atomic mass is 10.0. The number of benzene rings is 2. The zero-order valence-corrected chi connectivity index (χ0v) is 11.1. The molecule has 0 amide bonds. The van der Waals surface area contributed by atoms with E-state index < -0.39 is 0 Å². The van der Waals surface area contributed by atoms with Crippen molar-refractivity contribution in [1.29, 1.82) is 0 Å². The molecule has 0 fully saturated rings. The molecule has 0 aliphatic rings. The number of Topliss-reactive ketones (excluding diaryl/α,β-unsaturated/α-hetero) is 1. The van der Waals surface area contributed by atoms with E-state index in [0.29, 0.717) is 6.42 Å². The molecule has 2 rings (SSSR count). The summed E-state index contributed by atoms with van der Waals surface area (Å²) in [7, 11) is 0. The van der Waals surface area contributed by atoms with Gasteiger partial charge in [-0.25, -0.2) is 0 Å². The van der Waals surface area contributed by atoms with Gasteiger partial charge in [-0.15, -0.1) is 0 Å². The second kappa shape index (κ2) is 5.83. The van der Waals surface area contributed by atoms with Gasteiger partial charge in [-0.1, -0.05) is 47.5 Å². The highest BCUT2D eigenvalue weighted by Gasteiger charge is 2.06. The number of ketones is 1. The quantitative estimate of drug-likeness (QED) is 0.740. The Morgan fingerprint density at radius 3 is 2.61 bits per heavy atom. The number of aryl methyl sites for hydroxylation is 2. The van der Waals surface area contributed by atoms with Crippen molar-refractivity contribution in [2.24, 2.45) is 0 Å². The van der Waals surface area contributed by atoms with Crippen LogP contribution < -0.4 is 0 Å². The summed E-state index contributed by atoms with van der Waals surface area (Å²) < 4.78 is 0. The molecule has 0 radical (unpaired) electrons. The standard InChI is InChI=1S/C16H15ClO/c1-12-4-2-6-14(10-12)16(18)9-8-13-5-3-7-15(17)11-13/h2-7,10-11H,8-9H2,1H3. The number of hydrogen-bond donors (Lipinski definition) is 0. The number of carbonyl (C=O) groups is 1. The van der Waals surface area contributed by atoms with Crippen LogP contribution in [0.1, 0.15) is 27.9 Å². The predicted molar refractivity (Wildman–Crippen MR) is 75.3 cm³/mol. The Balaban J connectivity index is 2.00. The van der Waals surface area contributed by atoms with Crippen molar-refractivity contribution < 1.29 is 4.79 Å². The Bertz CT molecular complexity index is 561. The first-order valence-corrected chi connectivity index (χ1v) is 6.37.